The van der Waals surface area contributed by atoms with Gasteiger partial charge in [-0.1, -0.05) is 44.2 Å². The number of rotatable bonds is 10. The molecule has 0 unspecified atom stereocenters. The number of nitrogens with zero attached hydrogens (tertiary/aromatic N) is 3. The number of ether oxygens (including phenoxy) is 3. The molecule has 3 rings (SSSR count). The van der Waals surface area contributed by atoms with E-state index in [9.17, 15) is 19.5 Å². The first-order valence-electron chi connectivity index (χ1n) is 13.2. The van der Waals surface area contributed by atoms with Crippen molar-refractivity contribution in [3.63, 3.8) is 0 Å². The molecule has 1 heterocycles. The fourth-order valence-corrected chi connectivity index (χ4v) is 3.67. The maximum Gasteiger partial charge on any atom is 0.408 e. The summed E-state index contributed by atoms with van der Waals surface area (Å²) >= 11 is 0. The first kappa shape index (κ1) is 31.6. The predicted octanol–water partition coefficient (Wildman–Crippen LogP) is 2.13. The number of hydrogen-bond acceptors (Lipinski definition) is 10. The highest BCUT2D eigenvalue weighted by atomic mass is 16.6. The molecule has 2 N–H and O–H groups in total. The van der Waals surface area contributed by atoms with Crippen LogP contribution in [-0.2, 0) is 25.5 Å². The molecule has 224 valence electrons. The topological polar surface area (TPSA) is 168 Å². The van der Waals surface area contributed by atoms with Gasteiger partial charge in [0, 0.05) is 24.3 Å². The number of nitrogens with one attached hydrogen (secondary N) is 2. The van der Waals surface area contributed by atoms with Crippen LogP contribution in [0.1, 0.15) is 40.2 Å². The number of hydrogen-bond donors (Lipinski definition) is 2. The zero-order valence-corrected chi connectivity index (χ0v) is 24.3. The molecule has 13 heteroatoms. The van der Waals surface area contributed by atoms with Crippen LogP contribution in [0.4, 0.5) is 10.7 Å². The molecule has 1 aromatic heterocycles. The van der Waals surface area contributed by atoms with E-state index in [1.165, 1.54) is 30.1 Å². The van der Waals surface area contributed by atoms with Crippen molar-refractivity contribution in [1.29, 1.82) is 0 Å². The molecule has 3 aromatic rings. The van der Waals surface area contributed by atoms with E-state index in [1.807, 2.05) is 30.3 Å². The average molecular weight is 582 g/mol. The van der Waals surface area contributed by atoms with Crippen LogP contribution in [0, 0.1) is 5.92 Å². The lowest BCUT2D eigenvalue weighted by Gasteiger charge is -2.26. The Balaban J connectivity index is 1.70. The molecule has 0 aliphatic rings. The highest BCUT2D eigenvalue weighted by Gasteiger charge is 2.30. The lowest BCUT2D eigenvalue weighted by molar-refractivity contribution is -0.670. The largest absolute Gasteiger partial charge is 0.566 e. The van der Waals surface area contributed by atoms with Gasteiger partial charge in [0.15, 0.2) is 6.08 Å². The lowest BCUT2D eigenvalue weighted by atomic mass is 10.0. The lowest BCUT2D eigenvalue weighted by Crippen LogP contribution is -2.54. The monoisotopic (exact) mass is 581 g/mol. The van der Waals surface area contributed by atoms with Crippen LogP contribution >= 0.6 is 0 Å². The Morgan fingerprint density at radius 3 is 2.31 bits per heavy atom. The third-order valence-corrected chi connectivity index (χ3v) is 5.67. The van der Waals surface area contributed by atoms with Crippen LogP contribution in [0.5, 0.6) is 5.75 Å². The van der Waals surface area contributed by atoms with E-state index in [1.54, 1.807) is 46.8 Å². The van der Waals surface area contributed by atoms with Crippen molar-refractivity contribution in [1.82, 2.24) is 15.9 Å². The molecule has 0 aliphatic carbocycles. The van der Waals surface area contributed by atoms with E-state index >= 15 is 0 Å². The van der Waals surface area contributed by atoms with Crippen LogP contribution in [-0.4, -0.2) is 54.1 Å². The zero-order valence-electron chi connectivity index (χ0n) is 24.3. The van der Waals surface area contributed by atoms with Gasteiger partial charge in [-0.15, -0.1) is 0 Å². The summed E-state index contributed by atoms with van der Waals surface area (Å²) in [6, 6.07) is 13.4. The second-order valence-electron chi connectivity index (χ2n) is 10.6. The van der Waals surface area contributed by atoms with E-state index < -0.39 is 41.7 Å². The van der Waals surface area contributed by atoms with Crippen molar-refractivity contribution in [3.8, 4) is 11.4 Å². The first-order chi connectivity index (χ1) is 19.8. The molecule has 0 radical (unpaired) electrons. The van der Waals surface area contributed by atoms with E-state index in [0.717, 1.165) is 5.69 Å². The highest BCUT2D eigenvalue weighted by Crippen LogP contribution is 2.16. The fraction of sp³-hybridized carbons (Fsp3) is 0.379. The van der Waals surface area contributed by atoms with E-state index in [2.05, 4.69) is 20.9 Å². The molecule has 0 fully saturated rings. The Morgan fingerprint density at radius 1 is 1.05 bits per heavy atom. The molecule has 0 bridgehead atoms. The number of carbonyl (C=O) groups is 3. The molecule has 2 atom stereocenters. The number of aliphatic imine (C=N–C) groups is 1. The number of aromatic nitrogens is 2. The number of amides is 2. The minimum Gasteiger partial charge on any atom is -0.566 e. The summed E-state index contributed by atoms with van der Waals surface area (Å²) < 4.78 is 21.9. The molecule has 42 heavy (non-hydrogen) atoms. The van der Waals surface area contributed by atoms with Gasteiger partial charge in [0.2, 0.25) is 16.9 Å². The molecule has 2 amide bonds. The molecule has 0 saturated heterocycles. The smallest absolute Gasteiger partial charge is 0.408 e. The third kappa shape index (κ3) is 9.61. The Morgan fingerprint density at radius 2 is 1.71 bits per heavy atom. The molecule has 2 aromatic carbocycles. The number of carbonyl (C=O) groups excluding carboxylic acids is 3. The predicted molar refractivity (Wildman–Crippen MR) is 148 cm³/mol. The van der Waals surface area contributed by atoms with Crippen LogP contribution < -0.4 is 25.2 Å². The third-order valence-electron chi connectivity index (χ3n) is 5.67. The van der Waals surface area contributed by atoms with E-state index in [-0.39, 0.29) is 24.0 Å². The van der Waals surface area contributed by atoms with Gasteiger partial charge in [-0.2, -0.15) is 4.99 Å². The van der Waals surface area contributed by atoms with Gasteiger partial charge in [0.05, 0.1) is 7.11 Å². The summed E-state index contributed by atoms with van der Waals surface area (Å²) in [6.07, 6.45) is -0.236. The second kappa shape index (κ2) is 14.1. The second-order valence-corrected chi connectivity index (χ2v) is 10.6. The van der Waals surface area contributed by atoms with Gasteiger partial charge in [-0.05, 0) is 49.1 Å². The quantitative estimate of drug-likeness (QED) is 0.158. The van der Waals surface area contributed by atoms with Gasteiger partial charge in [0.25, 0.3) is 6.20 Å². The zero-order chi connectivity index (χ0) is 30.9. The Kier molecular flexibility index (Phi) is 10.6. The summed E-state index contributed by atoms with van der Waals surface area (Å²) in [7, 11) is 1.23. The highest BCUT2D eigenvalue weighted by molar-refractivity contribution is 5.90. The first-order valence-corrected chi connectivity index (χ1v) is 13.2. The molecule has 0 saturated carbocycles. The van der Waals surface area contributed by atoms with Gasteiger partial charge in [0.1, 0.15) is 17.7 Å². The Hall–Kier alpha value is -4.94. The van der Waals surface area contributed by atoms with Crippen molar-refractivity contribution in [3.05, 3.63) is 66.4 Å². The van der Waals surface area contributed by atoms with Crippen LogP contribution in [0.15, 0.2) is 70.3 Å². The van der Waals surface area contributed by atoms with Gasteiger partial charge in [-0.25, -0.2) is 9.59 Å². The summed E-state index contributed by atoms with van der Waals surface area (Å²) in [6.45, 7) is 8.61. The van der Waals surface area contributed by atoms with Gasteiger partial charge in [-0.3, -0.25) is 9.32 Å². The van der Waals surface area contributed by atoms with Crippen LogP contribution in [0.2, 0.25) is 0 Å². The van der Waals surface area contributed by atoms with Crippen molar-refractivity contribution in [2.75, 3.05) is 7.11 Å². The molecular formula is C29H35N5O8. The summed E-state index contributed by atoms with van der Waals surface area (Å²) in [4.78, 5) is 41.6. The summed E-state index contributed by atoms with van der Waals surface area (Å²) in [5.74, 6) is -1.32. The molecular weight excluding hydrogens is 546 g/mol. The normalized spacial score (nSPS) is 13.2. The molecule has 0 spiro atoms. The fourth-order valence-electron chi connectivity index (χ4n) is 3.67. The molecule has 0 aliphatic heterocycles. The number of benzene rings is 2. The van der Waals surface area contributed by atoms with E-state index in [0.29, 0.717) is 5.56 Å². The number of para-hydroxylation sites is 1. The van der Waals surface area contributed by atoms with Crippen molar-refractivity contribution in [2.24, 2.45) is 10.9 Å². The number of esters is 1. The van der Waals surface area contributed by atoms with Crippen LogP contribution in [0.3, 0.4) is 0 Å². The standard InChI is InChI=1S/C29H35N5O8/c1-18(2)24(26(36)39-6)32-25(35)22(30-28(38)41-29(3,4)5)16-19-12-14-21(15-13-19)40-27(37)31-23-17-34(33-42-23)20-10-8-7-9-11-20/h7-15,17-18,22,24H,16H2,1-6H3,(H2-,30,31,32,33,35,37,38)/t22-,24-/m0/s1. The SMILES string of the molecule is COC(=O)[C@@H](NC(=O)[C@H](Cc1ccc(O/C([O-])=N/c2c[n+](-c3ccccc3)no2)cc1)NC(=O)OC(C)(C)C)C(C)C. The van der Waals surface area contributed by atoms with Crippen LogP contribution in [0.25, 0.3) is 5.69 Å². The van der Waals surface area contributed by atoms with Crippen molar-refractivity contribution in [2.45, 2.75) is 58.7 Å². The minimum atomic E-state index is -1.09. The Bertz CT molecular complexity index is 1380. The maximum absolute atomic E-state index is 13.2. The maximum atomic E-state index is 13.2. The number of methoxy groups -OCH3 is 1. The summed E-state index contributed by atoms with van der Waals surface area (Å²) in [5.41, 5.74) is 0.563. The Labute approximate surface area is 243 Å². The minimum absolute atomic E-state index is 0.0470. The average Bonchev–Trinajstić information content (AvgIpc) is 3.39. The van der Waals surface area contributed by atoms with Gasteiger partial charge >= 0.3 is 17.9 Å². The molecule has 13 nitrogen and oxygen atoms in total. The van der Waals surface area contributed by atoms with Gasteiger partial charge < -0.3 is 30.0 Å². The van der Waals surface area contributed by atoms with Crippen molar-refractivity contribution < 1.29 is 42.9 Å². The number of alkyl carbamates (subject to hydrolysis) is 1. The van der Waals surface area contributed by atoms with Crippen molar-refractivity contribution >= 4 is 29.9 Å². The summed E-state index contributed by atoms with van der Waals surface area (Å²) in [5, 5.41) is 21.4. The van der Waals surface area contributed by atoms with E-state index in [4.69, 9.17) is 18.7 Å².